The van der Waals surface area contributed by atoms with Crippen LogP contribution >= 0.6 is 15.9 Å². The fourth-order valence-corrected chi connectivity index (χ4v) is 1.76. The summed E-state index contributed by atoms with van der Waals surface area (Å²) >= 11 is 3.20. The van der Waals surface area contributed by atoms with E-state index in [0.717, 1.165) is 11.1 Å². The van der Waals surface area contributed by atoms with Gasteiger partial charge in [0, 0.05) is 5.56 Å². The molecule has 0 aliphatic rings. The summed E-state index contributed by atoms with van der Waals surface area (Å²) in [5.74, 6) is 0.399. The number of hydrogen-bond donors (Lipinski definition) is 0. The Balaban J connectivity index is 2.64. The number of hydrogen-bond acceptors (Lipinski definition) is 1. The zero-order valence-electron chi connectivity index (χ0n) is 7.55. The Bertz CT molecular complexity index is 449. The molecule has 0 fully saturated rings. The van der Waals surface area contributed by atoms with Gasteiger partial charge in [0.25, 0.3) is 0 Å². The standard InChI is InChI=1S/C11H8BrFO/c1-7-5-8(10-3-2-4-14-10)11(12)9(13)6-7/h2-6H,1H3. The molecule has 0 radical (unpaired) electrons. The first-order valence-electron chi connectivity index (χ1n) is 4.18. The summed E-state index contributed by atoms with van der Waals surface area (Å²) in [4.78, 5) is 0. The van der Waals surface area contributed by atoms with Crippen molar-refractivity contribution < 1.29 is 8.81 Å². The van der Waals surface area contributed by atoms with Gasteiger partial charge in [0.1, 0.15) is 11.6 Å². The zero-order chi connectivity index (χ0) is 10.1. The minimum atomic E-state index is -0.267. The highest BCUT2D eigenvalue weighted by Crippen LogP contribution is 2.31. The first kappa shape index (κ1) is 9.46. The van der Waals surface area contributed by atoms with Crippen LogP contribution < -0.4 is 0 Å². The Morgan fingerprint density at radius 1 is 1.36 bits per heavy atom. The molecular weight excluding hydrogens is 247 g/mol. The van der Waals surface area contributed by atoms with Crippen molar-refractivity contribution in [3.05, 3.63) is 46.4 Å². The lowest BCUT2D eigenvalue weighted by atomic mass is 10.1. The van der Waals surface area contributed by atoms with E-state index in [-0.39, 0.29) is 5.82 Å². The van der Waals surface area contributed by atoms with Crippen molar-refractivity contribution in [2.45, 2.75) is 6.92 Å². The molecule has 1 nitrogen and oxygen atoms in total. The largest absolute Gasteiger partial charge is 0.464 e. The van der Waals surface area contributed by atoms with Crippen molar-refractivity contribution in [1.29, 1.82) is 0 Å². The SMILES string of the molecule is Cc1cc(F)c(Br)c(-c2ccco2)c1. The highest BCUT2D eigenvalue weighted by molar-refractivity contribution is 9.10. The number of furan rings is 1. The van der Waals surface area contributed by atoms with E-state index in [2.05, 4.69) is 15.9 Å². The van der Waals surface area contributed by atoms with Gasteiger partial charge in [-0.2, -0.15) is 0 Å². The smallest absolute Gasteiger partial charge is 0.138 e. The molecule has 0 aliphatic heterocycles. The maximum absolute atomic E-state index is 13.3. The normalized spacial score (nSPS) is 10.5. The molecule has 1 aromatic carbocycles. The Morgan fingerprint density at radius 2 is 2.14 bits per heavy atom. The van der Waals surface area contributed by atoms with Crippen LogP contribution in [-0.4, -0.2) is 0 Å². The molecule has 0 unspecified atom stereocenters. The fourth-order valence-electron chi connectivity index (χ4n) is 1.34. The van der Waals surface area contributed by atoms with Crippen molar-refractivity contribution in [3.8, 4) is 11.3 Å². The summed E-state index contributed by atoms with van der Waals surface area (Å²) in [7, 11) is 0. The van der Waals surface area contributed by atoms with Gasteiger partial charge in [0.05, 0.1) is 10.7 Å². The maximum Gasteiger partial charge on any atom is 0.138 e. The summed E-state index contributed by atoms with van der Waals surface area (Å²) in [5, 5.41) is 0. The molecule has 0 amide bonds. The molecule has 0 bridgehead atoms. The fraction of sp³-hybridized carbons (Fsp3) is 0.0909. The van der Waals surface area contributed by atoms with E-state index >= 15 is 0 Å². The molecule has 72 valence electrons. The molecule has 0 saturated carbocycles. The molecule has 3 heteroatoms. The Hall–Kier alpha value is -1.09. The van der Waals surface area contributed by atoms with E-state index in [1.165, 1.54) is 6.07 Å². The van der Waals surface area contributed by atoms with Crippen molar-refractivity contribution in [2.75, 3.05) is 0 Å². The second-order valence-corrected chi connectivity index (χ2v) is 3.88. The third-order valence-electron chi connectivity index (χ3n) is 1.96. The molecule has 0 atom stereocenters. The second-order valence-electron chi connectivity index (χ2n) is 3.09. The van der Waals surface area contributed by atoms with E-state index in [0.29, 0.717) is 10.2 Å². The number of rotatable bonds is 1. The van der Waals surface area contributed by atoms with Crippen LogP contribution in [0.1, 0.15) is 5.56 Å². The van der Waals surface area contributed by atoms with Gasteiger partial charge in [-0.3, -0.25) is 0 Å². The van der Waals surface area contributed by atoms with Crippen molar-refractivity contribution >= 4 is 15.9 Å². The summed E-state index contributed by atoms with van der Waals surface area (Å²) in [6.45, 7) is 1.85. The molecule has 2 rings (SSSR count). The van der Waals surface area contributed by atoms with E-state index < -0.39 is 0 Å². The summed E-state index contributed by atoms with van der Waals surface area (Å²) in [6.07, 6.45) is 1.57. The highest BCUT2D eigenvalue weighted by Gasteiger charge is 2.10. The molecule has 2 aromatic rings. The number of benzene rings is 1. The summed E-state index contributed by atoms with van der Waals surface area (Å²) < 4.78 is 19.0. The third-order valence-corrected chi connectivity index (χ3v) is 2.77. The van der Waals surface area contributed by atoms with Gasteiger partial charge in [-0.25, -0.2) is 4.39 Å². The predicted molar refractivity (Wildman–Crippen MR) is 56.5 cm³/mol. The van der Waals surface area contributed by atoms with E-state index in [1.807, 2.05) is 13.0 Å². The molecule has 0 spiro atoms. The molecule has 14 heavy (non-hydrogen) atoms. The number of aryl methyl sites for hydroxylation is 1. The Kier molecular flexibility index (Phi) is 2.42. The van der Waals surface area contributed by atoms with Gasteiger partial charge >= 0.3 is 0 Å². The molecule has 0 aliphatic carbocycles. The summed E-state index contributed by atoms with van der Waals surface area (Å²) in [5.41, 5.74) is 1.62. The minimum Gasteiger partial charge on any atom is -0.464 e. The lowest BCUT2D eigenvalue weighted by Gasteiger charge is -2.03. The minimum absolute atomic E-state index is 0.267. The van der Waals surface area contributed by atoms with Gasteiger partial charge in [-0.1, -0.05) is 0 Å². The number of halogens is 2. The third kappa shape index (κ3) is 1.60. The Labute approximate surface area is 89.7 Å². The first-order valence-corrected chi connectivity index (χ1v) is 4.97. The second kappa shape index (κ2) is 3.58. The van der Waals surface area contributed by atoms with Crippen LogP contribution in [-0.2, 0) is 0 Å². The van der Waals surface area contributed by atoms with Gasteiger partial charge in [0.15, 0.2) is 0 Å². The molecule has 0 N–H and O–H groups in total. The first-order chi connectivity index (χ1) is 6.68. The van der Waals surface area contributed by atoms with E-state index in [9.17, 15) is 4.39 Å². The van der Waals surface area contributed by atoms with E-state index in [4.69, 9.17) is 4.42 Å². The highest BCUT2D eigenvalue weighted by atomic mass is 79.9. The average Bonchev–Trinajstić information content (AvgIpc) is 2.63. The zero-order valence-corrected chi connectivity index (χ0v) is 9.14. The topological polar surface area (TPSA) is 13.1 Å². The van der Waals surface area contributed by atoms with Crippen LogP contribution in [0.3, 0.4) is 0 Å². The van der Waals surface area contributed by atoms with Gasteiger partial charge in [-0.15, -0.1) is 0 Å². The molecule has 1 aromatic heterocycles. The Morgan fingerprint density at radius 3 is 2.79 bits per heavy atom. The van der Waals surface area contributed by atoms with Crippen LogP contribution in [0.25, 0.3) is 11.3 Å². The van der Waals surface area contributed by atoms with Gasteiger partial charge in [-0.05, 0) is 52.7 Å². The maximum atomic E-state index is 13.3. The van der Waals surface area contributed by atoms with Crippen LogP contribution in [0, 0.1) is 12.7 Å². The van der Waals surface area contributed by atoms with E-state index in [1.54, 1.807) is 18.4 Å². The lowest BCUT2D eigenvalue weighted by Crippen LogP contribution is -1.85. The molecule has 1 heterocycles. The van der Waals surface area contributed by atoms with Crippen LogP contribution in [0.2, 0.25) is 0 Å². The van der Waals surface area contributed by atoms with Crippen molar-refractivity contribution in [3.63, 3.8) is 0 Å². The lowest BCUT2D eigenvalue weighted by molar-refractivity contribution is 0.578. The monoisotopic (exact) mass is 254 g/mol. The van der Waals surface area contributed by atoms with Gasteiger partial charge in [0.2, 0.25) is 0 Å². The van der Waals surface area contributed by atoms with Crippen LogP contribution in [0.5, 0.6) is 0 Å². The van der Waals surface area contributed by atoms with Crippen LogP contribution in [0.15, 0.2) is 39.4 Å². The quantitative estimate of drug-likeness (QED) is 0.745. The average molecular weight is 255 g/mol. The van der Waals surface area contributed by atoms with Crippen molar-refractivity contribution in [1.82, 2.24) is 0 Å². The summed E-state index contributed by atoms with van der Waals surface area (Å²) in [6, 6.07) is 6.95. The molecular formula is C11H8BrFO. The predicted octanol–water partition coefficient (Wildman–Crippen LogP) is 4.16. The van der Waals surface area contributed by atoms with Gasteiger partial charge < -0.3 is 4.42 Å². The molecule has 0 saturated heterocycles. The van der Waals surface area contributed by atoms with Crippen molar-refractivity contribution in [2.24, 2.45) is 0 Å². The van der Waals surface area contributed by atoms with Crippen LogP contribution in [0.4, 0.5) is 4.39 Å².